The van der Waals surface area contributed by atoms with Crippen LogP contribution >= 0.6 is 0 Å². The minimum Gasteiger partial charge on any atom is -0.456 e. The van der Waals surface area contributed by atoms with Crippen molar-refractivity contribution in [1.82, 2.24) is 24.5 Å². The van der Waals surface area contributed by atoms with Crippen LogP contribution in [0.2, 0.25) is 0 Å². The standard InChI is InChI=1S/C44H27N5O/c1-3-11-28(12-4-1)42-46-43(29-13-5-2-6-14-29)48-44(47-42)32-23-24-45-41(27-32)49-37-17-9-7-15-33(37)34-21-19-31(26-38(34)49)30-20-22-40-36(25-30)35-16-8-10-18-39(35)50-40/h1-27H. The summed E-state index contributed by atoms with van der Waals surface area (Å²) in [5, 5.41) is 4.54. The number of nitrogens with zero attached hydrogens (tertiary/aromatic N) is 5. The molecular weight excluding hydrogens is 615 g/mol. The van der Waals surface area contributed by atoms with Crippen LogP contribution in [-0.4, -0.2) is 24.5 Å². The number of hydrogen-bond donors (Lipinski definition) is 0. The third-order valence-electron chi connectivity index (χ3n) is 9.32. The summed E-state index contributed by atoms with van der Waals surface area (Å²) in [7, 11) is 0. The fourth-order valence-corrected chi connectivity index (χ4v) is 6.92. The van der Waals surface area contributed by atoms with Gasteiger partial charge in [0.05, 0.1) is 11.0 Å². The summed E-state index contributed by atoms with van der Waals surface area (Å²) < 4.78 is 8.35. The molecule has 0 unspecified atom stereocenters. The maximum atomic E-state index is 6.12. The third-order valence-corrected chi connectivity index (χ3v) is 9.32. The molecule has 0 radical (unpaired) electrons. The normalized spacial score (nSPS) is 11.6. The number of hydrogen-bond acceptors (Lipinski definition) is 5. The van der Waals surface area contributed by atoms with Crippen molar-refractivity contribution in [3.8, 4) is 51.1 Å². The van der Waals surface area contributed by atoms with Crippen molar-refractivity contribution in [2.24, 2.45) is 0 Å². The number of para-hydroxylation sites is 2. The molecule has 0 aliphatic rings. The van der Waals surface area contributed by atoms with Crippen LogP contribution in [0.3, 0.4) is 0 Å². The van der Waals surface area contributed by atoms with Crippen molar-refractivity contribution >= 4 is 43.7 Å². The van der Waals surface area contributed by atoms with E-state index in [4.69, 9.17) is 24.4 Å². The third kappa shape index (κ3) is 4.65. The Morgan fingerprint density at radius 2 is 0.960 bits per heavy atom. The molecule has 0 amide bonds. The molecule has 0 spiro atoms. The highest BCUT2D eigenvalue weighted by Crippen LogP contribution is 2.37. The fourth-order valence-electron chi connectivity index (χ4n) is 6.92. The average Bonchev–Trinajstić information content (AvgIpc) is 3.73. The minimum atomic E-state index is 0.587. The van der Waals surface area contributed by atoms with E-state index in [2.05, 4.69) is 83.4 Å². The zero-order valence-electron chi connectivity index (χ0n) is 26.7. The maximum Gasteiger partial charge on any atom is 0.164 e. The van der Waals surface area contributed by atoms with E-state index in [1.165, 1.54) is 0 Å². The molecule has 10 aromatic rings. The van der Waals surface area contributed by atoms with Crippen molar-refractivity contribution < 1.29 is 4.42 Å². The SMILES string of the molecule is c1ccc(-c2nc(-c3ccccc3)nc(-c3ccnc(-n4c5ccccc5c5ccc(-c6ccc7oc8ccccc8c7c6)cc54)c3)n2)cc1. The van der Waals surface area contributed by atoms with Crippen molar-refractivity contribution in [2.45, 2.75) is 0 Å². The Kier molecular flexibility index (Phi) is 6.39. The molecule has 10 rings (SSSR count). The Balaban J connectivity index is 1.15. The Bertz CT molecular complexity index is 2820. The van der Waals surface area contributed by atoms with Crippen LogP contribution < -0.4 is 0 Å². The van der Waals surface area contributed by atoms with Crippen LogP contribution in [0.4, 0.5) is 0 Å². The van der Waals surface area contributed by atoms with Crippen LogP contribution in [0.1, 0.15) is 0 Å². The molecule has 0 saturated heterocycles. The summed E-state index contributed by atoms with van der Waals surface area (Å²) in [6.45, 7) is 0. The van der Waals surface area contributed by atoms with Gasteiger partial charge in [-0.1, -0.05) is 115 Å². The second kappa shape index (κ2) is 11.4. The van der Waals surface area contributed by atoms with Crippen LogP contribution in [0.5, 0.6) is 0 Å². The van der Waals surface area contributed by atoms with Gasteiger partial charge in [-0.15, -0.1) is 0 Å². The van der Waals surface area contributed by atoms with E-state index in [1.54, 1.807) is 0 Å². The Hall–Kier alpha value is -6.92. The Labute approximate surface area is 287 Å². The quantitative estimate of drug-likeness (QED) is 0.187. The molecular formula is C44H27N5O. The summed E-state index contributed by atoms with van der Waals surface area (Å²) in [6, 6.07) is 53.9. The average molecular weight is 642 g/mol. The first-order valence-corrected chi connectivity index (χ1v) is 16.6. The second-order valence-corrected chi connectivity index (χ2v) is 12.3. The van der Waals surface area contributed by atoms with Crippen molar-refractivity contribution in [1.29, 1.82) is 0 Å². The van der Waals surface area contributed by atoms with E-state index in [1.807, 2.05) is 85.1 Å². The molecule has 6 nitrogen and oxygen atoms in total. The zero-order valence-corrected chi connectivity index (χ0v) is 26.7. The number of pyridine rings is 1. The van der Waals surface area contributed by atoms with Gasteiger partial charge in [0.1, 0.15) is 17.0 Å². The van der Waals surface area contributed by atoms with Gasteiger partial charge in [0.25, 0.3) is 0 Å². The molecule has 0 fully saturated rings. The molecule has 0 bridgehead atoms. The van der Waals surface area contributed by atoms with Gasteiger partial charge in [-0.2, -0.15) is 0 Å². The molecule has 6 heteroatoms. The van der Waals surface area contributed by atoms with E-state index in [9.17, 15) is 0 Å². The number of aromatic nitrogens is 5. The number of furan rings is 1. The van der Waals surface area contributed by atoms with Gasteiger partial charge in [0.15, 0.2) is 17.5 Å². The molecule has 0 aliphatic carbocycles. The van der Waals surface area contributed by atoms with E-state index < -0.39 is 0 Å². The number of rotatable bonds is 5. The molecule has 0 atom stereocenters. The van der Waals surface area contributed by atoms with E-state index in [-0.39, 0.29) is 0 Å². The smallest absolute Gasteiger partial charge is 0.164 e. The topological polar surface area (TPSA) is 69.6 Å². The van der Waals surface area contributed by atoms with Gasteiger partial charge in [0, 0.05) is 44.4 Å². The highest BCUT2D eigenvalue weighted by atomic mass is 16.3. The lowest BCUT2D eigenvalue weighted by Gasteiger charge is -2.11. The molecule has 6 aromatic carbocycles. The first-order valence-electron chi connectivity index (χ1n) is 16.6. The summed E-state index contributed by atoms with van der Waals surface area (Å²) >= 11 is 0. The lowest BCUT2D eigenvalue weighted by molar-refractivity contribution is 0.669. The molecule has 50 heavy (non-hydrogen) atoms. The Morgan fingerprint density at radius 1 is 0.380 bits per heavy atom. The predicted octanol–water partition coefficient (Wildman–Crippen LogP) is 10.9. The first kappa shape index (κ1) is 28.1. The largest absolute Gasteiger partial charge is 0.456 e. The summed E-state index contributed by atoms with van der Waals surface area (Å²) in [4.78, 5) is 19.7. The second-order valence-electron chi connectivity index (χ2n) is 12.3. The van der Waals surface area contributed by atoms with Gasteiger partial charge >= 0.3 is 0 Å². The van der Waals surface area contributed by atoms with Gasteiger partial charge in [-0.25, -0.2) is 19.9 Å². The molecule has 4 heterocycles. The summed E-state index contributed by atoms with van der Waals surface area (Å²) in [5.74, 6) is 2.61. The number of benzene rings is 6. The van der Waals surface area contributed by atoms with Crippen molar-refractivity contribution in [2.75, 3.05) is 0 Å². The monoisotopic (exact) mass is 641 g/mol. The highest BCUT2D eigenvalue weighted by Gasteiger charge is 2.17. The van der Waals surface area contributed by atoms with Crippen LogP contribution in [-0.2, 0) is 0 Å². The van der Waals surface area contributed by atoms with Crippen LogP contribution in [0, 0.1) is 0 Å². The zero-order chi connectivity index (χ0) is 33.0. The predicted molar refractivity (Wildman–Crippen MR) is 201 cm³/mol. The van der Waals surface area contributed by atoms with E-state index >= 15 is 0 Å². The lowest BCUT2D eigenvalue weighted by Crippen LogP contribution is -2.02. The first-order chi connectivity index (χ1) is 24.8. The molecule has 234 valence electrons. The van der Waals surface area contributed by atoms with E-state index in [0.717, 1.165) is 77.4 Å². The van der Waals surface area contributed by atoms with Crippen molar-refractivity contribution in [3.05, 3.63) is 164 Å². The van der Waals surface area contributed by atoms with Gasteiger partial charge in [-0.3, -0.25) is 4.57 Å². The minimum absolute atomic E-state index is 0.587. The molecule has 4 aromatic heterocycles. The Morgan fingerprint density at radius 3 is 1.72 bits per heavy atom. The van der Waals surface area contributed by atoms with Gasteiger partial charge in [-0.05, 0) is 53.6 Å². The fraction of sp³-hybridized carbons (Fsp3) is 0. The lowest BCUT2D eigenvalue weighted by atomic mass is 10.0. The molecule has 0 N–H and O–H groups in total. The summed E-state index contributed by atoms with van der Waals surface area (Å²) in [6.07, 6.45) is 1.83. The van der Waals surface area contributed by atoms with Crippen molar-refractivity contribution in [3.63, 3.8) is 0 Å². The van der Waals surface area contributed by atoms with Crippen LogP contribution in [0.25, 0.3) is 94.9 Å². The molecule has 0 saturated carbocycles. The van der Waals surface area contributed by atoms with Gasteiger partial charge < -0.3 is 4.42 Å². The number of fused-ring (bicyclic) bond motifs is 6. The van der Waals surface area contributed by atoms with Crippen LogP contribution in [0.15, 0.2) is 168 Å². The summed E-state index contributed by atoms with van der Waals surface area (Å²) in [5.41, 5.74) is 8.87. The molecule has 0 aliphatic heterocycles. The maximum absolute atomic E-state index is 6.12. The van der Waals surface area contributed by atoms with E-state index in [0.29, 0.717) is 17.5 Å². The highest BCUT2D eigenvalue weighted by molar-refractivity contribution is 6.11. The van der Waals surface area contributed by atoms with Gasteiger partial charge in [0.2, 0.25) is 0 Å².